The van der Waals surface area contributed by atoms with Crippen LogP contribution in [0, 0.1) is 11.8 Å². The van der Waals surface area contributed by atoms with Gasteiger partial charge >= 0.3 is 0 Å². The van der Waals surface area contributed by atoms with Crippen LogP contribution in [0.4, 0.5) is 5.69 Å². The number of carbonyl (C=O) groups excluding carboxylic acids is 1. The predicted molar refractivity (Wildman–Crippen MR) is 81.4 cm³/mol. The van der Waals surface area contributed by atoms with Crippen LogP contribution in [-0.4, -0.2) is 18.7 Å². The van der Waals surface area contributed by atoms with Gasteiger partial charge in [-0.2, -0.15) is 0 Å². The third-order valence-electron chi connectivity index (χ3n) is 3.91. The Morgan fingerprint density at radius 3 is 2.42 bits per heavy atom. The molecule has 4 heteroatoms. The summed E-state index contributed by atoms with van der Waals surface area (Å²) >= 11 is 1.70. The largest absolute Gasteiger partial charge is 0.330 e. The second-order valence-electron chi connectivity index (χ2n) is 5.17. The Labute approximate surface area is 119 Å². The summed E-state index contributed by atoms with van der Waals surface area (Å²) in [6.07, 6.45) is 6.15. The lowest BCUT2D eigenvalue weighted by Gasteiger charge is -2.26. The molecule has 0 atom stereocenters. The Kier molecular flexibility index (Phi) is 5.28. The van der Waals surface area contributed by atoms with Crippen molar-refractivity contribution in [2.45, 2.75) is 30.6 Å². The average Bonchev–Trinajstić information content (AvgIpc) is 2.48. The molecule has 1 saturated carbocycles. The van der Waals surface area contributed by atoms with E-state index in [0.717, 1.165) is 37.9 Å². The van der Waals surface area contributed by atoms with Gasteiger partial charge in [-0.05, 0) is 68.7 Å². The first-order valence-corrected chi connectivity index (χ1v) is 8.10. The van der Waals surface area contributed by atoms with Crippen molar-refractivity contribution in [3.05, 3.63) is 24.3 Å². The topological polar surface area (TPSA) is 55.1 Å². The summed E-state index contributed by atoms with van der Waals surface area (Å²) in [5.41, 5.74) is 6.57. The second-order valence-corrected chi connectivity index (χ2v) is 6.05. The van der Waals surface area contributed by atoms with Crippen molar-refractivity contribution in [1.29, 1.82) is 0 Å². The number of amides is 1. The molecule has 104 valence electrons. The fourth-order valence-electron chi connectivity index (χ4n) is 2.58. The molecule has 1 amide bonds. The van der Waals surface area contributed by atoms with Crippen LogP contribution >= 0.6 is 11.8 Å². The molecule has 1 aliphatic rings. The van der Waals surface area contributed by atoms with Gasteiger partial charge < -0.3 is 11.1 Å². The van der Waals surface area contributed by atoms with E-state index in [1.807, 2.05) is 30.5 Å². The lowest BCUT2D eigenvalue weighted by Crippen LogP contribution is -2.29. The summed E-state index contributed by atoms with van der Waals surface area (Å²) in [5, 5.41) is 3.02. The van der Waals surface area contributed by atoms with Crippen molar-refractivity contribution in [2.24, 2.45) is 17.6 Å². The van der Waals surface area contributed by atoms with Crippen LogP contribution < -0.4 is 11.1 Å². The number of nitrogens with two attached hydrogens (primary N) is 1. The number of hydrogen-bond donors (Lipinski definition) is 2. The monoisotopic (exact) mass is 278 g/mol. The van der Waals surface area contributed by atoms with Gasteiger partial charge in [0.15, 0.2) is 0 Å². The zero-order valence-electron chi connectivity index (χ0n) is 11.4. The third-order valence-corrected chi connectivity index (χ3v) is 4.65. The van der Waals surface area contributed by atoms with Gasteiger partial charge in [-0.3, -0.25) is 4.79 Å². The Bertz CT molecular complexity index is 411. The number of nitrogens with one attached hydrogen (secondary N) is 1. The maximum atomic E-state index is 12.2. The molecular weight excluding hydrogens is 256 g/mol. The van der Waals surface area contributed by atoms with E-state index in [0.29, 0.717) is 5.92 Å². The van der Waals surface area contributed by atoms with Gasteiger partial charge in [0.2, 0.25) is 5.91 Å². The molecule has 0 saturated heterocycles. The summed E-state index contributed by atoms with van der Waals surface area (Å²) < 4.78 is 0. The van der Waals surface area contributed by atoms with E-state index in [1.54, 1.807) is 11.8 Å². The van der Waals surface area contributed by atoms with Crippen molar-refractivity contribution in [3.8, 4) is 0 Å². The van der Waals surface area contributed by atoms with Crippen molar-refractivity contribution in [2.75, 3.05) is 18.1 Å². The van der Waals surface area contributed by atoms with Gasteiger partial charge in [0.1, 0.15) is 0 Å². The van der Waals surface area contributed by atoms with Crippen LogP contribution in [0.1, 0.15) is 25.7 Å². The van der Waals surface area contributed by atoms with Crippen LogP contribution in [0.2, 0.25) is 0 Å². The van der Waals surface area contributed by atoms with Crippen molar-refractivity contribution in [1.82, 2.24) is 0 Å². The van der Waals surface area contributed by atoms with E-state index in [1.165, 1.54) is 4.90 Å². The minimum absolute atomic E-state index is 0.156. The maximum Gasteiger partial charge on any atom is 0.227 e. The molecule has 0 spiro atoms. The zero-order valence-corrected chi connectivity index (χ0v) is 12.2. The Morgan fingerprint density at radius 1 is 1.26 bits per heavy atom. The molecule has 0 heterocycles. The van der Waals surface area contributed by atoms with Crippen LogP contribution in [0.25, 0.3) is 0 Å². The molecule has 1 fully saturated rings. The molecule has 0 radical (unpaired) electrons. The maximum absolute atomic E-state index is 12.2. The number of anilines is 1. The van der Waals surface area contributed by atoms with Gasteiger partial charge in [-0.1, -0.05) is 0 Å². The SMILES string of the molecule is CSc1ccc(NC(=O)C2CCC(CN)CC2)cc1. The van der Waals surface area contributed by atoms with Crippen LogP contribution in [0.3, 0.4) is 0 Å². The smallest absolute Gasteiger partial charge is 0.227 e. The first-order valence-electron chi connectivity index (χ1n) is 6.88. The molecule has 0 aliphatic heterocycles. The fourth-order valence-corrected chi connectivity index (χ4v) is 2.99. The number of hydrogen-bond acceptors (Lipinski definition) is 3. The molecule has 2 rings (SSSR count). The highest BCUT2D eigenvalue weighted by Crippen LogP contribution is 2.29. The minimum atomic E-state index is 0.156. The summed E-state index contributed by atoms with van der Waals surface area (Å²) in [4.78, 5) is 13.4. The van der Waals surface area contributed by atoms with Gasteiger partial charge in [0, 0.05) is 16.5 Å². The van der Waals surface area contributed by atoms with Gasteiger partial charge in [-0.15, -0.1) is 11.8 Å². The third kappa shape index (κ3) is 3.98. The molecule has 1 aliphatic carbocycles. The lowest BCUT2D eigenvalue weighted by molar-refractivity contribution is -0.121. The van der Waals surface area contributed by atoms with E-state index in [-0.39, 0.29) is 11.8 Å². The molecule has 0 bridgehead atoms. The Balaban J connectivity index is 1.86. The molecular formula is C15H22N2OS. The summed E-state index contributed by atoms with van der Waals surface area (Å²) in [5.74, 6) is 0.931. The zero-order chi connectivity index (χ0) is 13.7. The second kappa shape index (κ2) is 6.96. The normalized spacial score (nSPS) is 23.1. The van der Waals surface area contributed by atoms with Crippen LogP contribution in [0.5, 0.6) is 0 Å². The van der Waals surface area contributed by atoms with Gasteiger partial charge in [0.05, 0.1) is 0 Å². The summed E-state index contributed by atoms with van der Waals surface area (Å²) in [7, 11) is 0. The van der Waals surface area contributed by atoms with Crippen molar-refractivity contribution in [3.63, 3.8) is 0 Å². The van der Waals surface area contributed by atoms with E-state index in [4.69, 9.17) is 5.73 Å². The predicted octanol–water partition coefficient (Wildman–Crippen LogP) is 3.11. The molecule has 3 N–H and O–H groups in total. The van der Waals surface area contributed by atoms with Gasteiger partial charge in [-0.25, -0.2) is 0 Å². The van der Waals surface area contributed by atoms with E-state index >= 15 is 0 Å². The number of benzene rings is 1. The Hall–Kier alpha value is -1.00. The fraction of sp³-hybridized carbons (Fsp3) is 0.533. The van der Waals surface area contributed by atoms with E-state index in [2.05, 4.69) is 5.32 Å². The number of carbonyl (C=O) groups is 1. The first-order chi connectivity index (χ1) is 9.22. The molecule has 3 nitrogen and oxygen atoms in total. The number of thioether (sulfide) groups is 1. The highest BCUT2D eigenvalue weighted by molar-refractivity contribution is 7.98. The molecule has 0 unspecified atom stereocenters. The Morgan fingerprint density at radius 2 is 1.89 bits per heavy atom. The summed E-state index contributed by atoms with van der Waals surface area (Å²) in [6.45, 7) is 0.754. The van der Waals surface area contributed by atoms with Crippen molar-refractivity contribution >= 4 is 23.4 Å². The van der Waals surface area contributed by atoms with E-state index < -0.39 is 0 Å². The molecule has 1 aromatic carbocycles. The quantitative estimate of drug-likeness (QED) is 0.832. The molecule has 1 aromatic rings. The minimum Gasteiger partial charge on any atom is -0.330 e. The van der Waals surface area contributed by atoms with Crippen LogP contribution in [-0.2, 0) is 4.79 Å². The highest BCUT2D eigenvalue weighted by atomic mass is 32.2. The number of rotatable bonds is 4. The standard InChI is InChI=1S/C15H22N2OS/c1-19-14-8-6-13(7-9-14)17-15(18)12-4-2-11(10-16)3-5-12/h6-9,11-12H,2-5,10,16H2,1H3,(H,17,18). The molecule has 19 heavy (non-hydrogen) atoms. The van der Waals surface area contributed by atoms with Crippen LogP contribution in [0.15, 0.2) is 29.2 Å². The lowest BCUT2D eigenvalue weighted by atomic mass is 9.81. The summed E-state index contributed by atoms with van der Waals surface area (Å²) in [6, 6.07) is 8.00. The highest BCUT2D eigenvalue weighted by Gasteiger charge is 2.25. The van der Waals surface area contributed by atoms with Crippen molar-refractivity contribution < 1.29 is 4.79 Å². The average molecular weight is 278 g/mol. The van der Waals surface area contributed by atoms with E-state index in [9.17, 15) is 4.79 Å². The molecule has 0 aromatic heterocycles. The first kappa shape index (κ1) is 14.4. The van der Waals surface area contributed by atoms with Gasteiger partial charge in [0.25, 0.3) is 0 Å².